The Hall–Kier alpha value is -2.42. The van der Waals surface area contributed by atoms with Crippen molar-refractivity contribution in [2.45, 2.75) is 18.7 Å². The molecule has 0 aliphatic rings. The maximum Gasteiger partial charge on any atom is 0.274 e. The molecule has 0 bridgehead atoms. The lowest BCUT2D eigenvalue weighted by Crippen LogP contribution is -2.13. The molecular formula is C11H12N4O4S. The highest BCUT2D eigenvalue weighted by Gasteiger charge is 2.19. The third kappa shape index (κ3) is 2.62. The minimum absolute atomic E-state index is 0.0415. The Bertz CT molecular complexity index is 753. The van der Waals surface area contributed by atoms with Gasteiger partial charge in [-0.25, -0.2) is 8.42 Å². The van der Waals surface area contributed by atoms with E-state index < -0.39 is 14.9 Å². The van der Waals surface area contributed by atoms with E-state index in [9.17, 15) is 18.5 Å². The Balaban J connectivity index is 2.44. The molecule has 0 unspecified atom stereocenters. The number of rotatable bonds is 4. The van der Waals surface area contributed by atoms with Crippen molar-refractivity contribution in [3.8, 4) is 0 Å². The van der Waals surface area contributed by atoms with Crippen LogP contribution in [0.2, 0.25) is 0 Å². The molecule has 0 fully saturated rings. The predicted octanol–water partition coefficient (Wildman–Crippen LogP) is 1.74. The number of aryl methyl sites for hydroxylation is 2. The number of benzene rings is 1. The lowest BCUT2D eigenvalue weighted by Gasteiger charge is -2.10. The number of hydrogen-bond donors (Lipinski definition) is 2. The van der Waals surface area contributed by atoms with Crippen LogP contribution in [0.15, 0.2) is 29.4 Å². The molecule has 1 aromatic carbocycles. The molecule has 8 nitrogen and oxygen atoms in total. The van der Waals surface area contributed by atoms with E-state index in [4.69, 9.17) is 0 Å². The predicted molar refractivity (Wildman–Crippen MR) is 72.0 cm³/mol. The van der Waals surface area contributed by atoms with Crippen molar-refractivity contribution in [1.29, 1.82) is 0 Å². The molecule has 0 amide bonds. The molecule has 0 radical (unpaired) electrons. The highest BCUT2D eigenvalue weighted by Crippen LogP contribution is 2.27. The number of nitro groups is 1. The summed E-state index contributed by atoms with van der Waals surface area (Å²) in [4.78, 5) is 10.3. The third-order valence-corrected chi connectivity index (χ3v) is 4.10. The first-order chi connectivity index (χ1) is 9.31. The van der Waals surface area contributed by atoms with Crippen LogP contribution in [0.4, 0.5) is 11.4 Å². The molecule has 9 heteroatoms. The molecule has 0 spiro atoms. The average molecular weight is 296 g/mol. The normalized spacial score (nSPS) is 11.3. The van der Waals surface area contributed by atoms with Gasteiger partial charge in [-0.05, 0) is 25.5 Å². The van der Waals surface area contributed by atoms with Gasteiger partial charge in [-0.1, -0.05) is 0 Å². The Morgan fingerprint density at radius 1 is 1.30 bits per heavy atom. The zero-order chi connectivity index (χ0) is 14.9. The first-order valence-electron chi connectivity index (χ1n) is 5.58. The zero-order valence-corrected chi connectivity index (χ0v) is 11.6. The lowest BCUT2D eigenvalue weighted by atomic mass is 10.1. The Labute approximate surface area is 115 Å². The largest absolute Gasteiger partial charge is 0.284 e. The number of anilines is 1. The first kappa shape index (κ1) is 14.0. The zero-order valence-electron chi connectivity index (χ0n) is 10.7. The summed E-state index contributed by atoms with van der Waals surface area (Å²) < 4.78 is 26.4. The van der Waals surface area contributed by atoms with Crippen molar-refractivity contribution in [3.63, 3.8) is 0 Å². The van der Waals surface area contributed by atoms with Crippen LogP contribution in [0.25, 0.3) is 0 Å². The van der Waals surface area contributed by atoms with Crippen molar-refractivity contribution in [3.05, 3.63) is 45.8 Å². The summed E-state index contributed by atoms with van der Waals surface area (Å²) >= 11 is 0. The van der Waals surface area contributed by atoms with Crippen LogP contribution in [-0.2, 0) is 10.0 Å². The Morgan fingerprint density at radius 2 is 2.00 bits per heavy atom. The van der Waals surface area contributed by atoms with E-state index in [-0.39, 0.29) is 16.3 Å². The van der Waals surface area contributed by atoms with E-state index >= 15 is 0 Å². The van der Waals surface area contributed by atoms with Crippen molar-refractivity contribution < 1.29 is 13.3 Å². The number of aromatic nitrogens is 2. The topological polar surface area (TPSA) is 118 Å². The van der Waals surface area contributed by atoms with E-state index in [1.807, 2.05) is 0 Å². The van der Waals surface area contributed by atoms with Crippen LogP contribution >= 0.6 is 0 Å². The van der Waals surface area contributed by atoms with Gasteiger partial charge in [0.15, 0.2) is 0 Å². The highest BCUT2D eigenvalue weighted by atomic mass is 32.2. The van der Waals surface area contributed by atoms with Crippen LogP contribution in [0.5, 0.6) is 0 Å². The fourth-order valence-electron chi connectivity index (χ4n) is 1.74. The van der Waals surface area contributed by atoms with Crippen LogP contribution in [0.3, 0.4) is 0 Å². The molecule has 20 heavy (non-hydrogen) atoms. The van der Waals surface area contributed by atoms with Gasteiger partial charge in [0, 0.05) is 17.8 Å². The maximum atomic E-state index is 12.0. The van der Waals surface area contributed by atoms with Gasteiger partial charge >= 0.3 is 0 Å². The minimum Gasteiger partial charge on any atom is -0.284 e. The van der Waals surface area contributed by atoms with Crippen molar-refractivity contribution in [2.75, 3.05) is 4.72 Å². The summed E-state index contributed by atoms with van der Waals surface area (Å²) in [6.07, 6.45) is 2.38. The van der Waals surface area contributed by atoms with Gasteiger partial charge in [-0.3, -0.25) is 19.9 Å². The molecule has 1 heterocycles. The first-order valence-corrected chi connectivity index (χ1v) is 7.07. The minimum atomic E-state index is -3.81. The monoisotopic (exact) mass is 296 g/mol. The maximum absolute atomic E-state index is 12.0. The van der Waals surface area contributed by atoms with Crippen molar-refractivity contribution >= 4 is 21.4 Å². The molecule has 0 saturated heterocycles. The van der Waals surface area contributed by atoms with Gasteiger partial charge in [0.25, 0.3) is 15.7 Å². The highest BCUT2D eigenvalue weighted by molar-refractivity contribution is 7.92. The summed E-state index contributed by atoms with van der Waals surface area (Å²) in [5, 5.41) is 16.9. The summed E-state index contributed by atoms with van der Waals surface area (Å²) in [6, 6.07) is 2.77. The number of H-pyrrole nitrogens is 1. The van der Waals surface area contributed by atoms with Crippen LogP contribution < -0.4 is 4.72 Å². The smallest absolute Gasteiger partial charge is 0.274 e. The number of aromatic amines is 1. The standard InChI is InChI=1S/C11H12N4O4S/c1-7-3-8(2)11(15(16)17)4-10(7)14-20(18,19)9-5-12-13-6-9/h3-6,14H,1-2H3,(H,12,13). The summed E-state index contributed by atoms with van der Waals surface area (Å²) in [5.74, 6) is 0. The van der Waals surface area contributed by atoms with E-state index in [1.54, 1.807) is 19.9 Å². The Kier molecular flexibility index (Phi) is 3.45. The van der Waals surface area contributed by atoms with E-state index in [0.717, 1.165) is 6.20 Å². The fourth-order valence-corrected chi connectivity index (χ4v) is 2.76. The van der Waals surface area contributed by atoms with Crippen molar-refractivity contribution in [1.82, 2.24) is 10.2 Å². The van der Waals surface area contributed by atoms with E-state index in [2.05, 4.69) is 14.9 Å². The molecule has 106 valence electrons. The molecular weight excluding hydrogens is 284 g/mol. The summed E-state index contributed by atoms with van der Waals surface area (Å²) in [5.41, 5.74) is 1.10. The molecule has 0 aliphatic heterocycles. The molecule has 0 saturated carbocycles. The van der Waals surface area contributed by atoms with Gasteiger partial charge in [-0.2, -0.15) is 5.10 Å². The van der Waals surface area contributed by atoms with Gasteiger partial charge in [-0.15, -0.1) is 0 Å². The molecule has 1 aromatic heterocycles. The third-order valence-electron chi connectivity index (χ3n) is 2.77. The van der Waals surface area contributed by atoms with Crippen LogP contribution in [0, 0.1) is 24.0 Å². The van der Waals surface area contributed by atoms with Gasteiger partial charge in [0.2, 0.25) is 0 Å². The number of hydrogen-bond acceptors (Lipinski definition) is 5. The number of sulfonamides is 1. The van der Waals surface area contributed by atoms with E-state index in [1.165, 1.54) is 12.3 Å². The lowest BCUT2D eigenvalue weighted by molar-refractivity contribution is -0.385. The van der Waals surface area contributed by atoms with Crippen LogP contribution in [0.1, 0.15) is 11.1 Å². The molecule has 2 rings (SSSR count). The quantitative estimate of drug-likeness (QED) is 0.658. The molecule has 0 atom stereocenters. The number of nitrogens with one attached hydrogen (secondary N) is 2. The van der Waals surface area contributed by atoms with E-state index in [0.29, 0.717) is 11.1 Å². The SMILES string of the molecule is Cc1cc(C)c([N+](=O)[O-])cc1NS(=O)(=O)c1cn[nH]c1. The van der Waals surface area contributed by atoms with Gasteiger partial charge in [0.1, 0.15) is 4.90 Å². The second-order valence-electron chi connectivity index (χ2n) is 4.25. The number of nitro benzene ring substituents is 1. The van der Waals surface area contributed by atoms with Crippen LogP contribution in [-0.4, -0.2) is 23.5 Å². The van der Waals surface area contributed by atoms with Gasteiger partial charge < -0.3 is 0 Å². The van der Waals surface area contributed by atoms with Crippen molar-refractivity contribution in [2.24, 2.45) is 0 Å². The second kappa shape index (κ2) is 4.93. The molecule has 2 aromatic rings. The number of nitrogens with zero attached hydrogens (tertiary/aromatic N) is 2. The molecule has 0 aliphatic carbocycles. The summed E-state index contributed by atoms with van der Waals surface area (Å²) in [7, 11) is -3.81. The van der Waals surface area contributed by atoms with Gasteiger partial charge in [0.05, 0.1) is 16.8 Å². The second-order valence-corrected chi connectivity index (χ2v) is 5.93. The molecule has 2 N–H and O–H groups in total. The summed E-state index contributed by atoms with van der Waals surface area (Å²) in [6.45, 7) is 3.27. The fraction of sp³-hybridized carbons (Fsp3) is 0.182. The average Bonchev–Trinajstić information content (AvgIpc) is 2.86. The Morgan fingerprint density at radius 3 is 2.55 bits per heavy atom.